The Morgan fingerprint density at radius 3 is 1.46 bits per heavy atom. The van der Waals surface area contributed by atoms with Gasteiger partial charge in [0, 0.05) is 6.16 Å². The van der Waals surface area contributed by atoms with Crippen LogP contribution in [-0.4, -0.2) is 27.5 Å². The quantitative estimate of drug-likeness (QED) is 0.136. The van der Waals surface area contributed by atoms with Crippen molar-refractivity contribution in [3.63, 3.8) is 0 Å². The van der Waals surface area contributed by atoms with Gasteiger partial charge in [0.25, 0.3) is 0 Å². The maximum Gasteiger partial charge on any atom is 0.341 e. The SMILES string of the molecule is CCOP(=O)(CC/C=C(\C)CC/C=C(\C)CC/C=C(\C)CCC=C(C)C)C(CC)(CC)P(=O)(O)O. The van der Waals surface area contributed by atoms with E-state index < -0.39 is 19.9 Å². The zero-order valence-electron chi connectivity index (χ0n) is 23.6. The van der Waals surface area contributed by atoms with Crippen LogP contribution in [0.25, 0.3) is 0 Å². The van der Waals surface area contributed by atoms with Gasteiger partial charge in [-0.05, 0) is 99.3 Å². The van der Waals surface area contributed by atoms with E-state index in [1.165, 1.54) is 22.3 Å². The Morgan fingerprint density at radius 1 is 0.714 bits per heavy atom. The normalized spacial score (nSPS) is 15.8. The molecule has 0 heterocycles. The van der Waals surface area contributed by atoms with Crippen molar-refractivity contribution in [3.05, 3.63) is 46.6 Å². The second kappa shape index (κ2) is 16.9. The molecule has 5 nitrogen and oxygen atoms in total. The first-order valence-electron chi connectivity index (χ1n) is 13.2. The molecule has 35 heavy (non-hydrogen) atoms. The van der Waals surface area contributed by atoms with Gasteiger partial charge in [-0.3, -0.25) is 9.13 Å². The Labute approximate surface area is 215 Å². The molecule has 0 aromatic heterocycles. The van der Waals surface area contributed by atoms with E-state index in [-0.39, 0.29) is 25.6 Å². The van der Waals surface area contributed by atoms with Gasteiger partial charge in [0.1, 0.15) is 4.90 Å². The Bertz CT molecular complexity index is 837. The van der Waals surface area contributed by atoms with Crippen LogP contribution in [0.3, 0.4) is 0 Å². The largest absolute Gasteiger partial charge is 0.341 e. The first-order valence-corrected chi connectivity index (χ1v) is 16.6. The fraction of sp³-hybridized carbons (Fsp3) is 0.714. The van der Waals surface area contributed by atoms with Gasteiger partial charge in [0.05, 0.1) is 6.61 Å². The highest BCUT2D eigenvalue weighted by atomic mass is 31.2. The second-order valence-corrected chi connectivity index (χ2v) is 15.1. The summed E-state index contributed by atoms with van der Waals surface area (Å²) in [7, 11) is -8.14. The second-order valence-electron chi connectivity index (χ2n) is 9.89. The molecule has 1 atom stereocenters. The van der Waals surface area contributed by atoms with E-state index in [1.807, 2.05) is 6.08 Å². The van der Waals surface area contributed by atoms with E-state index >= 15 is 0 Å². The van der Waals surface area contributed by atoms with Crippen molar-refractivity contribution < 1.29 is 23.4 Å². The monoisotopic (exact) mass is 530 g/mol. The molecule has 204 valence electrons. The predicted octanol–water partition coefficient (Wildman–Crippen LogP) is 9.53. The van der Waals surface area contributed by atoms with E-state index in [4.69, 9.17) is 4.52 Å². The fourth-order valence-electron chi connectivity index (χ4n) is 4.41. The van der Waals surface area contributed by atoms with Gasteiger partial charge in [-0.25, -0.2) is 0 Å². The molecule has 2 N–H and O–H groups in total. The molecule has 0 bridgehead atoms. The molecule has 0 aromatic rings. The molecular formula is C28H52O5P2. The molecule has 0 aromatic carbocycles. The lowest BCUT2D eigenvalue weighted by Gasteiger charge is -2.38. The predicted molar refractivity (Wildman–Crippen MR) is 152 cm³/mol. The average Bonchev–Trinajstić information content (AvgIpc) is 2.73. The average molecular weight is 531 g/mol. The lowest BCUT2D eigenvalue weighted by atomic mass is 10.0. The Morgan fingerprint density at radius 2 is 1.11 bits per heavy atom. The third-order valence-corrected chi connectivity index (χ3v) is 13.6. The van der Waals surface area contributed by atoms with Gasteiger partial charge in [0.15, 0.2) is 0 Å². The van der Waals surface area contributed by atoms with Crippen molar-refractivity contribution in [2.24, 2.45) is 0 Å². The van der Waals surface area contributed by atoms with Crippen LogP contribution in [0.5, 0.6) is 0 Å². The smallest absolute Gasteiger partial charge is 0.328 e. The number of rotatable bonds is 18. The number of hydrogen-bond acceptors (Lipinski definition) is 3. The minimum Gasteiger partial charge on any atom is -0.328 e. The minimum absolute atomic E-state index is 0.127. The van der Waals surface area contributed by atoms with E-state index in [0.29, 0.717) is 6.42 Å². The van der Waals surface area contributed by atoms with Gasteiger partial charge < -0.3 is 14.3 Å². The lowest BCUT2D eigenvalue weighted by molar-refractivity contribution is 0.294. The Hall–Kier alpha value is -0.700. The molecule has 0 aliphatic heterocycles. The first-order chi connectivity index (χ1) is 16.3. The van der Waals surface area contributed by atoms with Crippen molar-refractivity contribution in [2.45, 2.75) is 118 Å². The summed E-state index contributed by atoms with van der Waals surface area (Å²) in [4.78, 5) is 18.5. The summed E-state index contributed by atoms with van der Waals surface area (Å²) in [6, 6.07) is 0. The lowest BCUT2D eigenvalue weighted by Crippen LogP contribution is -2.30. The van der Waals surface area contributed by atoms with Crippen LogP contribution >= 0.6 is 15.0 Å². The Kier molecular flexibility index (Phi) is 16.6. The molecule has 0 radical (unpaired) electrons. The van der Waals surface area contributed by atoms with E-state index in [1.54, 1.807) is 20.8 Å². The standard InChI is InChI=1S/C28H52O5P2/c1-9-28(10-2,35(30,31)32)34(29,33-11-3)23-15-22-27(8)21-14-20-26(7)19-13-18-25(6)17-12-16-24(4)5/h16,18,20,22H,9-15,17,19,21,23H2,1-8H3,(H2,30,31,32)/b25-18+,26-20+,27-22+. The maximum atomic E-state index is 13.7. The van der Waals surface area contributed by atoms with Gasteiger partial charge in [-0.2, -0.15) is 0 Å². The minimum atomic E-state index is -4.60. The van der Waals surface area contributed by atoms with E-state index in [2.05, 4.69) is 52.8 Å². The molecule has 0 spiro atoms. The zero-order chi connectivity index (χ0) is 27.1. The highest BCUT2D eigenvalue weighted by molar-refractivity contribution is 7.76. The molecule has 1 unspecified atom stereocenters. The molecule has 0 fully saturated rings. The molecule has 0 saturated carbocycles. The number of allylic oxidation sites excluding steroid dienone is 8. The van der Waals surface area contributed by atoms with Crippen LogP contribution in [0.15, 0.2) is 46.6 Å². The van der Waals surface area contributed by atoms with Gasteiger partial charge >= 0.3 is 7.60 Å². The Balaban J connectivity index is 4.85. The molecule has 0 aliphatic rings. The van der Waals surface area contributed by atoms with Gasteiger partial charge in [-0.15, -0.1) is 0 Å². The van der Waals surface area contributed by atoms with Crippen molar-refractivity contribution in [1.82, 2.24) is 0 Å². The topological polar surface area (TPSA) is 83.8 Å². The summed E-state index contributed by atoms with van der Waals surface area (Å²) in [5.41, 5.74) is 5.42. The van der Waals surface area contributed by atoms with Crippen LogP contribution in [0.2, 0.25) is 0 Å². The van der Waals surface area contributed by atoms with Crippen molar-refractivity contribution in [1.29, 1.82) is 0 Å². The van der Waals surface area contributed by atoms with Gasteiger partial charge in [0.2, 0.25) is 7.37 Å². The summed E-state index contributed by atoms with van der Waals surface area (Å²) in [5, 5.41) is 0. The van der Waals surface area contributed by atoms with Gasteiger partial charge in [-0.1, -0.05) is 60.4 Å². The zero-order valence-corrected chi connectivity index (χ0v) is 25.4. The molecule has 0 rings (SSSR count). The van der Waals surface area contributed by atoms with E-state index in [9.17, 15) is 18.9 Å². The molecule has 0 aliphatic carbocycles. The van der Waals surface area contributed by atoms with Crippen molar-refractivity contribution >= 4 is 15.0 Å². The summed E-state index contributed by atoms with van der Waals surface area (Å²) < 4.78 is 31.6. The van der Waals surface area contributed by atoms with Crippen LogP contribution in [-0.2, 0) is 13.7 Å². The number of hydrogen-bond donors (Lipinski definition) is 2. The maximum absolute atomic E-state index is 13.7. The van der Waals surface area contributed by atoms with Crippen LogP contribution in [0.4, 0.5) is 0 Å². The molecule has 7 heteroatoms. The summed E-state index contributed by atoms with van der Waals surface area (Å²) in [5.74, 6) is 0. The van der Waals surface area contributed by atoms with Crippen molar-refractivity contribution in [3.8, 4) is 0 Å². The third-order valence-electron chi connectivity index (χ3n) is 6.72. The fourth-order valence-corrected chi connectivity index (χ4v) is 9.93. The summed E-state index contributed by atoms with van der Waals surface area (Å²) in [6.07, 6.45) is 16.1. The molecule has 0 saturated heterocycles. The van der Waals surface area contributed by atoms with Crippen molar-refractivity contribution in [2.75, 3.05) is 12.8 Å². The third kappa shape index (κ3) is 11.9. The molecule has 0 amide bonds. The van der Waals surface area contributed by atoms with Crippen LogP contribution in [0.1, 0.15) is 113 Å². The van der Waals surface area contributed by atoms with Crippen LogP contribution in [0, 0.1) is 0 Å². The highest BCUT2D eigenvalue weighted by Crippen LogP contribution is 2.76. The summed E-state index contributed by atoms with van der Waals surface area (Å²) in [6.45, 7) is 16.0. The highest BCUT2D eigenvalue weighted by Gasteiger charge is 2.58. The van der Waals surface area contributed by atoms with Crippen LogP contribution < -0.4 is 0 Å². The van der Waals surface area contributed by atoms with E-state index in [0.717, 1.165) is 38.5 Å². The first kappa shape index (κ1) is 34.3. The molecular weight excluding hydrogens is 478 g/mol. The summed E-state index contributed by atoms with van der Waals surface area (Å²) >= 11 is 0.